The molecule has 0 atom stereocenters. The fourth-order valence-corrected chi connectivity index (χ4v) is 1.51. The highest BCUT2D eigenvalue weighted by molar-refractivity contribution is 5.74. The largest absolute Gasteiger partial charge is 0.481 e. The first-order valence-corrected chi connectivity index (χ1v) is 6.57. The van der Waals surface area contributed by atoms with E-state index in [2.05, 4.69) is 15.6 Å². The van der Waals surface area contributed by atoms with E-state index in [-0.39, 0.29) is 25.4 Å². The molecule has 9 heteroatoms. The SMILES string of the molecule is O=C(O)CCCNC(=O)NCc1cccnc1OCC(F)F. The van der Waals surface area contributed by atoms with Gasteiger partial charge in [-0.2, -0.15) is 0 Å². The van der Waals surface area contributed by atoms with Crippen LogP contribution in [-0.2, 0) is 11.3 Å². The molecule has 7 nitrogen and oxygen atoms in total. The number of ether oxygens (including phenoxy) is 1. The van der Waals surface area contributed by atoms with E-state index in [0.29, 0.717) is 12.0 Å². The van der Waals surface area contributed by atoms with Crippen LogP contribution in [0.15, 0.2) is 18.3 Å². The van der Waals surface area contributed by atoms with E-state index in [0.717, 1.165) is 0 Å². The summed E-state index contributed by atoms with van der Waals surface area (Å²) in [4.78, 5) is 25.6. The minimum Gasteiger partial charge on any atom is -0.481 e. The topological polar surface area (TPSA) is 101 Å². The number of rotatable bonds is 9. The smallest absolute Gasteiger partial charge is 0.315 e. The summed E-state index contributed by atoms with van der Waals surface area (Å²) < 4.78 is 29.1. The lowest BCUT2D eigenvalue weighted by molar-refractivity contribution is -0.137. The maximum Gasteiger partial charge on any atom is 0.315 e. The van der Waals surface area contributed by atoms with E-state index in [1.165, 1.54) is 6.20 Å². The van der Waals surface area contributed by atoms with Crippen molar-refractivity contribution in [3.8, 4) is 5.88 Å². The molecular weight excluding hydrogens is 300 g/mol. The number of carboxylic acid groups (broad SMARTS) is 1. The van der Waals surface area contributed by atoms with Gasteiger partial charge in [0.15, 0.2) is 6.61 Å². The van der Waals surface area contributed by atoms with Gasteiger partial charge in [0.25, 0.3) is 6.43 Å². The predicted octanol–water partition coefficient (Wildman–Crippen LogP) is 1.39. The molecule has 3 N–H and O–H groups in total. The van der Waals surface area contributed by atoms with E-state index in [9.17, 15) is 18.4 Å². The number of pyridine rings is 1. The van der Waals surface area contributed by atoms with E-state index >= 15 is 0 Å². The van der Waals surface area contributed by atoms with Crippen LogP contribution in [0.1, 0.15) is 18.4 Å². The van der Waals surface area contributed by atoms with Crippen LogP contribution in [0, 0.1) is 0 Å². The fraction of sp³-hybridized carbons (Fsp3) is 0.462. The number of aliphatic carboxylic acids is 1. The first-order valence-electron chi connectivity index (χ1n) is 6.57. The second-order valence-electron chi connectivity index (χ2n) is 4.28. The van der Waals surface area contributed by atoms with Gasteiger partial charge in [-0.25, -0.2) is 18.6 Å². The summed E-state index contributed by atoms with van der Waals surface area (Å²) in [7, 11) is 0. The normalized spacial score (nSPS) is 10.3. The number of carbonyl (C=O) groups excluding carboxylic acids is 1. The number of alkyl halides is 2. The van der Waals surface area contributed by atoms with Crippen LogP contribution in [0.2, 0.25) is 0 Å². The molecule has 2 amide bonds. The molecule has 0 spiro atoms. The number of halogens is 2. The molecule has 22 heavy (non-hydrogen) atoms. The van der Waals surface area contributed by atoms with Gasteiger partial charge in [0.05, 0.1) is 0 Å². The number of hydrogen-bond acceptors (Lipinski definition) is 4. The van der Waals surface area contributed by atoms with Crippen LogP contribution >= 0.6 is 0 Å². The summed E-state index contributed by atoms with van der Waals surface area (Å²) in [6.07, 6.45) is -0.927. The Balaban J connectivity index is 2.37. The van der Waals surface area contributed by atoms with Gasteiger partial charge in [-0.1, -0.05) is 6.07 Å². The standard InChI is InChI=1S/C13H17F2N3O4/c14-10(15)8-22-12-9(3-1-5-16-12)7-18-13(21)17-6-2-4-11(19)20/h1,3,5,10H,2,4,6-8H2,(H,19,20)(H2,17,18,21). The molecular formula is C13H17F2N3O4. The van der Waals surface area contributed by atoms with E-state index in [4.69, 9.17) is 9.84 Å². The van der Waals surface area contributed by atoms with Gasteiger partial charge in [-0.3, -0.25) is 4.79 Å². The third-order valence-corrected chi connectivity index (χ3v) is 2.49. The van der Waals surface area contributed by atoms with Crippen molar-refractivity contribution >= 4 is 12.0 Å². The zero-order valence-electron chi connectivity index (χ0n) is 11.7. The summed E-state index contributed by atoms with van der Waals surface area (Å²) in [5.41, 5.74) is 0.462. The Kier molecular flexibility index (Phi) is 7.58. The van der Waals surface area contributed by atoms with Gasteiger partial charge in [0, 0.05) is 31.3 Å². The summed E-state index contributed by atoms with van der Waals surface area (Å²) in [6, 6.07) is 2.70. The Morgan fingerprint density at radius 1 is 1.36 bits per heavy atom. The van der Waals surface area contributed by atoms with E-state index in [1.54, 1.807) is 12.1 Å². The van der Waals surface area contributed by atoms with Crippen molar-refractivity contribution < 1.29 is 28.2 Å². The molecule has 0 saturated carbocycles. The van der Waals surface area contributed by atoms with E-state index in [1.807, 2.05) is 0 Å². The number of carboxylic acids is 1. The monoisotopic (exact) mass is 317 g/mol. The number of aromatic nitrogens is 1. The van der Waals surface area contributed by atoms with Crippen molar-refractivity contribution in [3.63, 3.8) is 0 Å². The van der Waals surface area contributed by atoms with Gasteiger partial charge in [-0.15, -0.1) is 0 Å². The third-order valence-electron chi connectivity index (χ3n) is 2.49. The maximum atomic E-state index is 12.1. The Hall–Kier alpha value is -2.45. The van der Waals surface area contributed by atoms with E-state index < -0.39 is 25.0 Å². The second-order valence-corrected chi connectivity index (χ2v) is 4.28. The van der Waals surface area contributed by atoms with Crippen LogP contribution in [-0.4, -0.2) is 41.7 Å². The van der Waals surface area contributed by atoms with Crippen LogP contribution in [0.25, 0.3) is 0 Å². The number of hydrogen-bond donors (Lipinski definition) is 3. The fourth-order valence-electron chi connectivity index (χ4n) is 1.51. The quantitative estimate of drug-likeness (QED) is 0.598. The van der Waals surface area contributed by atoms with Crippen LogP contribution in [0.5, 0.6) is 5.88 Å². The molecule has 0 radical (unpaired) electrons. The summed E-state index contributed by atoms with van der Waals surface area (Å²) >= 11 is 0. The lowest BCUT2D eigenvalue weighted by Gasteiger charge is -2.11. The number of nitrogens with one attached hydrogen (secondary N) is 2. The molecule has 0 bridgehead atoms. The Morgan fingerprint density at radius 3 is 2.82 bits per heavy atom. The van der Waals surface area contributed by atoms with Gasteiger partial charge < -0.3 is 20.5 Å². The molecule has 1 aromatic rings. The molecule has 0 saturated heterocycles. The first-order chi connectivity index (χ1) is 10.5. The highest BCUT2D eigenvalue weighted by atomic mass is 19.3. The average Bonchev–Trinajstić information content (AvgIpc) is 2.48. The minimum atomic E-state index is -2.61. The second kappa shape index (κ2) is 9.48. The van der Waals surface area contributed by atoms with Crippen LogP contribution in [0.3, 0.4) is 0 Å². The highest BCUT2D eigenvalue weighted by Crippen LogP contribution is 2.14. The molecule has 0 fully saturated rings. The Morgan fingerprint density at radius 2 is 2.14 bits per heavy atom. The van der Waals surface area contributed by atoms with Crippen LogP contribution in [0.4, 0.5) is 13.6 Å². The van der Waals surface area contributed by atoms with Crippen molar-refractivity contribution in [2.75, 3.05) is 13.2 Å². The molecule has 1 heterocycles. The summed E-state index contributed by atoms with van der Waals surface area (Å²) in [6.45, 7) is -0.498. The van der Waals surface area contributed by atoms with Gasteiger partial charge in [0.2, 0.25) is 5.88 Å². The third kappa shape index (κ3) is 7.36. The average molecular weight is 317 g/mol. The number of urea groups is 1. The molecule has 122 valence electrons. The van der Waals surface area contributed by atoms with Gasteiger partial charge >= 0.3 is 12.0 Å². The zero-order valence-corrected chi connectivity index (χ0v) is 11.7. The van der Waals surface area contributed by atoms with Crippen molar-refractivity contribution in [1.29, 1.82) is 0 Å². The molecule has 0 aliphatic carbocycles. The summed E-state index contributed by atoms with van der Waals surface area (Å²) in [5.74, 6) is -0.896. The number of nitrogens with zero attached hydrogens (tertiary/aromatic N) is 1. The predicted molar refractivity (Wildman–Crippen MR) is 72.8 cm³/mol. The first kappa shape index (κ1) is 17.6. The van der Waals surface area contributed by atoms with Crippen molar-refractivity contribution in [2.24, 2.45) is 0 Å². The molecule has 1 rings (SSSR count). The molecule has 1 aromatic heterocycles. The molecule has 0 aliphatic heterocycles. The Bertz CT molecular complexity index is 500. The lowest BCUT2D eigenvalue weighted by Crippen LogP contribution is -2.35. The van der Waals surface area contributed by atoms with Crippen molar-refractivity contribution in [1.82, 2.24) is 15.6 Å². The highest BCUT2D eigenvalue weighted by Gasteiger charge is 2.10. The molecule has 0 aliphatic rings. The van der Waals surface area contributed by atoms with Crippen LogP contribution < -0.4 is 15.4 Å². The van der Waals surface area contributed by atoms with Crippen molar-refractivity contribution in [3.05, 3.63) is 23.9 Å². The van der Waals surface area contributed by atoms with Gasteiger partial charge in [-0.05, 0) is 12.5 Å². The lowest BCUT2D eigenvalue weighted by atomic mass is 10.2. The molecule has 0 unspecified atom stereocenters. The van der Waals surface area contributed by atoms with Crippen molar-refractivity contribution in [2.45, 2.75) is 25.8 Å². The van der Waals surface area contributed by atoms with Gasteiger partial charge in [0.1, 0.15) is 0 Å². The minimum absolute atomic E-state index is 0.0332. The number of amides is 2. The number of carbonyl (C=O) groups is 2. The Labute approximate surface area is 125 Å². The zero-order chi connectivity index (χ0) is 16.4. The maximum absolute atomic E-state index is 12.1. The summed E-state index contributed by atoms with van der Waals surface area (Å²) in [5, 5.41) is 13.4. The molecule has 0 aromatic carbocycles.